The first-order valence-corrected chi connectivity index (χ1v) is 22.6. The zero-order chi connectivity index (χ0) is 45.2. The van der Waals surface area contributed by atoms with Crippen LogP contribution in [-0.4, -0.2) is 84.2 Å². The number of thiophene rings is 1. The summed E-state index contributed by atoms with van der Waals surface area (Å²) in [5.41, 5.74) is 4.87. The second-order valence-electron chi connectivity index (χ2n) is 18.0. The van der Waals surface area contributed by atoms with Crippen molar-refractivity contribution in [3.63, 3.8) is 0 Å². The fraction of sp³-hybridized carbons (Fsp3) is 0.396. The van der Waals surface area contributed by atoms with Crippen LogP contribution in [0.5, 0.6) is 5.75 Å². The fourth-order valence-corrected chi connectivity index (χ4v) is 10.0. The smallest absolute Gasteiger partial charge is 0.410 e. The van der Waals surface area contributed by atoms with Crippen LogP contribution in [0.3, 0.4) is 0 Å². The molecule has 0 saturated carbocycles. The summed E-state index contributed by atoms with van der Waals surface area (Å²) in [4.78, 5) is 60.9. The number of hydrogen-bond donors (Lipinski definition) is 3. The van der Waals surface area contributed by atoms with E-state index in [9.17, 15) is 14.4 Å². The molecule has 4 atom stereocenters. The molecule has 9 rings (SSSR count). The van der Waals surface area contributed by atoms with Crippen molar-refractivity contribution in [3.05, 3.63) is 100 Å². The molecule has 1 unspecified atom stereocenters. The molecule has 3 N–H and O–H groups in total. The van der Waals surface area contributed by atoms with E-state index in [1.807, 2.05) is 58.9 Å². The minimum atomic E-state index is -0.812. The molecule has 3 aliphatic heterocycles. The van der Waals surface area contributed by atoms with E-state index < -0.39 is 35.8 Å². The number of rotatable bonds is 9. The number of alkyl carbamates (subject to hydrolysis) is 1. The molecule has 0 aliphatic carbocycles. The molecule has 3 aliphatic rings. The number of aromatic nitrogens is 5. The van der Waals surface area contributed by atoms with Crippen LogP contribution in [0.15, 0.2) is 73.1 Å². The molecule has 0 radical (unpaired) electrons. The van der Waals surface area contributed by atoms with Crippen LogP contribution in [0, 0.1) is 11.7 Å². The fourth-order valence-electron chi connectivity index (χ4n) is 9.07. The van der Waals surface area contributed by atoms with Gasteiger partial charge >= 0.3 is 12.2 Å². The molecule has 2 saturated heterocycles. The number of nitrogens with zero attached hydrogens (tertiary/aromatic N) is 5. The molecule has 2 fully saturated rings. The Hall–Kier alpha value is -6.42. The SMILES string of the molecule is C=C1CCN(C(=O)[C@@H](NC(=O)OC)C(C)C)[C@@H]1c1ncc(-c2cc(F)c3c(c2)OC(c2ccc(CC)s2)n2c-3cc3cc(-c4cnc([C@@H]5CCCN5C(=O)OC(C)(C)C)[nH]4)ccc32)[nH]1. The average Bonchev–Trinajstić information content (AvgIpc) is 4.11. The lowest BCUT2D eigenvalue weighted by Crippen LogP contribution is -2.51. The Morgan fingerprint density at radius 2 is 1.75 bits per heavy atom. The number of ether oxygens (including phenoxy) is 3. The third-order valence-corrected chi connectivity index (χ3v) is 13.5. The number of amides is 3. The number of carbonyl (C=O) groups excluding carboxylic acids is 3. The zero-order valence-corrected chi connectivity index (χ0v) is 37.9. The number of nitrogens with one attached hydrogen (secondary N) is 3. The summed E-state index contributed by atoms with van der Waals surface area (Å²) < 4.78 is 36.2. The summed E-state index contributed by atoms with van der Waals surface area (Å²) >= 11 is 1.67. The summed E-state index contributed by atoms with van der Waals surface area (Å²) in [7, 11) is 1.26. The Labute approximate surface area is 374 Å². The predicted molar refractivity (Wildman–Crippen MR) is 242 cm³/mol. The van der Waals surface area contributed by atoms with Gasteiger partial charge in [0.05, 0.1) is 58.6 Å². The Balaban J connectivity index is 1.05. The number of hydrogen-bond acceptors (Lipinski definition) is 9. The standard InChI is InChI=1S/C48H53FN8O6S/c1-9-30-13-15-38(64-30)45-57-34-14-12-27(32-23-50-42(52-32)35-11-10-17-55(35)47(60)63-48(5,6)7)19-29(34)21-36(57)39-31(49)20-28(22-37(39)62-45)33-24-51-43(53-33)41-26(4)16-18-56(41)44(58)40(25(2)3)54-46(59)61-8/h12-15,19-25,35,40-41,45H,4,9-11,16-18H2,1-3,5-8H3,(H,50,52)(H,51,53)(H,54,59)/t35-,40-,41-,45?/m0/s1. The lowest BCUT2D eigenvalue weighted by atomic mass is 10.0. The van der Waals surface area contributed by atoms with Gasteiger partial charge in [0.25, 0.3) is 0 Å². The molecular weight excluding hydrogens is 836 g/mol. The van der Waals surface area contributed by atoms with Gasteiger partial charge in [0, 0.05) is 34.5 Å². The molecule has 16 heteroatoms. The molecule has 0 spiro atoms. The normalized spacial score (nSPS) is 18.9. The van der Waals surface area contributed by atoms with Crippen molar-refractivity contribution in [1.82, 2.24) is 39.6 Å². The molecule has 334 valence electrons. The van der Waals surface area contributed by atoms with Gasteiger partial charge < -0.3 is 34.4 Å². The third-order valence-electron chi connectivity index (χ3n) is 12.2. The number of methoxy groups -OCH3 is 1. The summed E-state index contributed by atoms with van der Waals surface area (Å²) in [5.74, 6) is 0.636. The number of imidazole rings is 2. The van der Waals surface area contributed by atoms with Crippen LogP contribution in [0.1, 0.15) is 101 Å². The van der Waals surface area contributed by atoms with Gasteiger partial charge in [-0.1, -0.05) is 33.4 Å². The summed E-state index contributed by atoms with van der Waals surface area (Å²) in [6.45, 7) is 16.7. The van der Waals surface area contributed by atoms with Gasteiger partial charge in [0.1, 0.15) is 40.9 Å². The van der Waals surface area contributed by atoms with E-state index in [1.165, 1.54) is 18.1 Å². The number of carbonyl (C=O) groups is 3. The number of halogens is 1. The van der Waals surface area contributed by atoms with E-state index in [4.69, 9.17) is 19.2 Å². The summed E-state index contributed by atoms with van der Waals surface area (Å²) in [6, 6.07) is 14.0. The van der Waals surface area contributed by atoms with Gasteiger partial charge in [-0.05, 0) is 100 Å². The first-order chi connectivity index (χ1) is 30.6. The number of fused-ring (bicyclic) bond motifs is 5. The Morgan fingerprint density at radius 3 is 2.47 bits per heavy atom. The van der Waals surface area contributed by atoms with Crippen LogP contribution in [0.4, 0.5) is 14.0 Å². The molecular formula is C48H53FN8O6S. The van der Waals surface area contributed by atoms with Gasteiger partial charge in [-0.15, -0.1) is 11.3 Å². The Bertz CT molecular complexity index is 2800. The average molecular weight is 889 g/mol. The van der Waals surface area contributed by atoms with Crippen LogP contribution in [-0.2, 0) is 20.7 Å². The second-order valence-corrected chi connectivity index (χ2v) is 19.2. The molecule has 6 aromatic rings. The highest BCUT2D eigenvalue weighted by atomic mass is 32.1. The van der Waals surface area contributed by atoms with Crippen molar-refractivity contribution in [2.45, 2.75) is 97.2 Å². The van der Waals surface area contributed by atoms with E-state index >= 15 is 4.39 Å². The van der Waals surface area contributed by atoms with Crippen molar-refractivity contribution in [1.29, 1.82) is 0 Å². The number of H-pyrrole nitrogens is 2. The Morgan fingerprint density at radius 1 is 1.00 bits per heavy atom. The first-order valence-electron chi connectivity index (χ1n) is 21.8. The minimum absolute atomic E-state index is 0.203. The van der Waals surface area contributed by atoms with E-state index in [2.05, 4.69) is 56.5 Å². The number of benzene rings is 2. The van der Waals surface area contributed by atoms with Crippen LogP contribution >= 0.6 is 11.3 Å². The maximum absolute atomic E-state index is 16.8. The monoisotopic (exact) mass is 888 g/mol. The molecule has 64 heavy (non-hydrogen) atoms. The summed E-state index contributed by atoms with van der Waals surface area (Å²) in [5, 5.41) is 3.57. The lowest BCUT2D eigenvalue weighted by Gasteiger charge is -2.30. The molecule has 3 amide bonds. The van der Waals surface area contributed by atoms with Gasteiger partial charge in [-0.3, -0.25) is 14.3 Å². The van der Waals surface area contributed by atoms with Crippen molar-refractivity contribution in [2.75, 3.05) is 20.2 Å². The highest BCUT2D eigenvalue weighted by Gasteiger charge is 2.40. The van der Waals surface area contributed by atoms with E-state index in [0.717, 1.165) is 51.9 Å². The maximum Gasteiger partial charge on any atom is 0.410 e. The number of likely N-dealkylation sites (tertiary alicyclic amines) is 2. The van der Waals surface area contributed by atoms with Crippen molar-refractivity contribution >= 4 is 40.3 Å². The van der Waals surface area contributed by atoms with Crippen LogP contribution in [0.25, 0.3) is 44.7 Å². The van der Waals surface area contributed by atoms with E-state index in [1.54, 1.807) is 33.5 Å². The van der Waals surface area contributed by atoms with Crippen LogP contribution < -0.4 is 10.1 Å². The summed E-state index contributed by atoms with van der Waals surface area (Å²) in [6.07, 6.45) is 4.89. The number of aromatic amines is 2. The van der Waals surface area contributed by atoms with Crippen molar-refractivity contribution in [3.8, 4) is 39.5 Å². The van der Waals surface area contributed by atoms with Crippen molar-refractivity contribution < 1.29 is 33.0 Å². The second kappa shape index (κ2) is 16.6. The largest absolute Gasteiger partial charge is 0.464 e. The molecule has 7 heterocycles. The topological polar surface area (TPSA) is 160 Å². The Kier molecular flexibility index (Phi) is 11.1. The molecule has 2 aromatic carbocycles. The van der Waals surface area contributed by atoms with Gasteiger partial charge in [0.2, 0.25) is 12.1 Å². The zero-order valence-electron chi connectivity index (χ0n) is 37.1. The highest BCUT2D eigenvalue weighted by Crippen LogP contribution is 2.48. The van der Waals surface area contributed by atoms with Crippen LogP contribution in [0.2, 0.25) is 0 Å². The van der Waals surface area contributed by atoms with Gasteiger partial charge in [0.15, 0.2) is 0 Å². The molecule has 4 aromatic heterocycles. The molecule has 0 bridgehead atoms. The highest BCUT2D eigenvalue weighted by molar-refractivity contribution is 7.12. The van der Waals surface area contributed by atoms with E-state index in [-0.39, 0.29) is 24.0 Å². The van der Waals surface area contributed by atoms with E-state index in [0.29, 0.717) is 59.4 Å². The third kappa shape index (κ3) is 7.81. The first kappa shape index (κ1) is 42.9. The number of aryl methyl sites for hydroxylation is 1. The van der Waals surface area contributed by atoms with Gasteiger partial charge in [-0.2, -0.15) is 0 Å². The minimum Gasteiger partial charge on any atom is -0.464 e. The molecule has 14 nitrogen and oxygen atoms in total. The maximum atomic E-state index is 16.8. The lowest BCUT2D eigenvalue weighted by molar-refractivity contribution is -0.135. The van der Waals surface area contributed by atoms with Gasteiger partial charge in [-0.25, -0.2) is 23.9 Å². The quantitative estimate of drug-likeness (QED) is 0.121. The predicted octanol–water partition coefficient (Wildman–Crippen LogP) is 10.1. The van der Waals surface area contributed by atoms with Crippen molar-refractivity contribution in [2.24, 2.45) is 5.92 Å².